The predicted molar refractivity (Wildman–Crippen MR) is 63.1 cm³/mol. The smallest absolute Gasteiger partial charge is 0.0791 e. The first-order chi connectivity index (χ1) is 7.11. The molecule has 0 saturated carbocycles. The number of aliphatic hydroxyl groups excluding tert-OH is 1. The molecule has 0 fully saturated rings. The topological polar surface area (TPSA) is 44.7 Å². The van der Waals surface area contributed by atoms with Gasteiger partial charge in [-0.15, -0.1) is 0 Å². The molecule has 0 heterocycles. The lowest BCUT2D eigenvalue weighted by molar-refractivity contribution is 0.0958. The second-order valence-corrected chi connectivity index (χ2v) is 4.03. The van der Waals surface area contributed by atoms with Gasteiger partial charge >= 0.3 is 0 Å². The first kappa shape index (κ1) is 14.8. The highest BCUT2D eigenvalue weighted by molar-refractivity contribution is 4.68. The van der Waals surface area contributed by atoms with Crippen molar-refractivity contribution in [2.24, 2.45) is 0 Å². The van der Waals surface area contributed by atoms with Crippen LogP contribution in [0.5, 0.6) is 0 Å². The number of ether oxygens (including phenoxy) is 1. The molecule has 0 aromatic rings. The molecule has 0 aliphatic heterocycles. The maximum Gasteiger partial charge on any atom is 0.0791 e. The van der Waals surface area contributed by atoms with Crippen LogP contribution in [0.2, 0.25) is 0 Å². The molecule has 2 N–H and O–H groups in total. The summed E-state index contributed by atoms with van der Waals surface area (Å²) < 4.78 is 4.91. The van der Waals surface area contributed by atoms with E-state index in [0.717, 1.165) is 19.6 Å². The molecule has 1 atom stereocenters. The Morgan fingerprint density at radius 1 is 1.40 bits per heavy atom. The van der Waals surface area contributed by atoms with Crippen molar-refractivity contribution in [3.63, 3.8) is 0 Å². The summed E-state index contributed by atoms with van der Waals surface area (Å²) in [6.45, 7) is 10.2. The highest BCUT2D eigenvalue weighted by Crippen LogP contribution is 1.98. The third kappa shape index (κ3) is 7.73. The molecule has 0 aromatic carbocycles. The van der Waals surface area contributed by atoms with Crippen molar-refractivity contribution in [3.05, 3.63) is 0 Å². The van der Waals surface area contributed by atoms with Crippen LogP contribution in [0.25, 0.3) is 0 Å². The molecule has 0 aromatic heterocycles. The number of rotatable bonds is 9. The minimum absolute atomic E-state index is 0.302. The van der Waals surface area contributed by atoms with Gasteiger partial charge in [-0.2, -0.15) is 0 Å². The van der Waals surface area contributed by atoms with Gasteiger partial charge in [-0.3, -0.25) is 4.90 Å². The molecule has 0 aliphatic rings. The largest absolute Gasteiger partial charge is 0.390 e. The Bertz CT molecular complexity index is 143. The predicted octanol–water partition coefficient (Wildman–Crippen LogP) is 0.314. The van der Waals surface area contributed by atoms with Gasteiger partial charge in [-0.1, -0.05) is 6.92 Å². The van der Waals surface area contributed by atoms with E-state index in [0.29, 0.717) is 19.2 Å². The van der Waals surface area contributed by atoms with E-state index in [4.69, 9.17) is 4.74 Å². The minimum atomic E-state index is -0.302. The van der Waals surface area contributed by atoms with Crippen molar-refractivity contribution in [2.75, 3.05) is 39.9 Å². The number of aliphatic hydroxyl groups is 1. The molecule has 1 unspecified atom stereocenters. The van der Waals surface area contributed by atoms with Gasteiger partial charge in [0, 0.05) is 32.8 Å². The third-order valence-electron chi connectivity index (χ3n) is 2.44. The van der Waals surface area contributed by atoms with Gasteiger partial charge < -0.3 is 15.2 Å². The fraction of sp³-hybridized carbons (Fsp3) is 1.00. The summed E-state index contributed by atoms with van der Waals surface area (Å²) in [7, 11) is 1.68. The molecular formula is C11H26N2O2. The molecule has 0 rings (SSSR count). The van der Waals surface area contributed by atoms with Crippen LogP contribution in [0, 0.1) is 0 Å². The first-order valence-corrected chi connectivity index (χ1v) is 5.73. The Balaban J connectivity index is 3.57. The molecular weight excluding hydrogens is 192 g/mol. The average molecular weight is 218 g/mol. The molecule has 15 heavy (non-hydrogen) atoms. The van der Waals surface area contributed by atoms with Gasteiger partial charge in [-0.25, -0.2) is 0 Å². The van der Waals surface area contributed by atoms with Gasteiger partial charge in [0.2, 0.25) is 0 Å². The molecule has 0 aliphatic carbocycles. The summed E-state index contributed by atoms with van der Waals surface area (Å²) in [6.07, 6.45) is -0.302. The van der Waals surface area contributed by atoms with Crippen LogP contribution in [0.1, 0.15) is 20.8 Å². The lowest BCUT2D eigenvalue weighted by Gasteiger charge is -2.27. The molecule has 92 valence electrons. The Kier molecular flexibility index (Phi) is 9.00. The SMILES string of the molecule is CCN(CC(O)CNCCOC)C(C)C. The Morgan fingerprint density at radius 3 is 2.53 bits per heavy atom. The van der Waals surface area contributed by atoms with Gasteiger partial charge in [0.05, 0.1) is 12.7 Å². The quantitative estimate of drug-likeness (QED) is 0.547. The van der Waals surface area contributed by atoms with Crippen molar-refractivity contribution >= 4 is 0 Å². The number of hydrogen-bond acceptors (Lipinski definition) is 4. The van der Waals surface area contributed by atoms with E-state index in [2.05, 4.69) is 31.0 Å². The number of nitrogens with zero attached hydrogens (tertiary/aromatic N) is 1. The summed E-state index contributed by atoms with van der Waals surface area (Å²) in [4.78, 5) is 2.25. The van der Waals surface area contributed by atoms with Gasteiger partial charge in [0.1, 0.15) is 0 Å². The molecule has 0 saturated heterocycles. The van der Waals surface area contributed by atoms with Crippen molar-refractivity contribution in [1.29, 1.82) is 0 Å². The molecule has 0 amide bonds. The standard InChI is InChI=1S/C11H26N2O2/c1-5-13(10(2)3)9-11(14)8-12-6-7-15-4/h10-12,14H,5-9H2,1-4H3. The van der Waals surface area contributed by atoms with Gasteiger partial charge in [0.15, 0.2) is 0 Å². The van der Waals surface area contributed by atoms with Crippen LogP contribution in [-0.4, -0.2) is 62.0 Å². The van der Waals surface area contributed by atoms with Gasteiger partial charge in [-0.05, 0) is 20.4 Å². The summed E-state index contributed by atoms with van der Waals surface area (Å²) >= 11 is 0. The molecule has 4 nitrogen and oxygen atoms in total. The number of likely N-dealkylation sites (N-methyl/N-ethyl adjacent to an activating group) is 1. The summed E-state index contributed by atoms with van der Waals surface area (Å²) in [5.74, 6) is 0. The monoisotopic (exact) mass is 218 g/mol. The van der Waals surface area contributed by atoms with Crippen LogP contribution in [0.4, 0.5) is 0 Å². The van der Waals surface area contributed by atoms with E-state index in [1.807, 2.05) is 0 Å². The lowest BCUT2D eigenvalue weighted by Crippen LogP contribution is -2.41. The second-order valence-electron chi connectivity index (χ2n) is 4.03. The summed E-state index contributed by atoms with van der Waals surface area (Å²) in [5.41, 5.74) is 0. The van der Waals surface area contributed by atoms with E-state index >= 15 is 0 Å². The van der Waals surface area contributed by atoms with E-state index < -0.39 is 0 Å². The van der Waals surface area contributed by atoms with Gasteiger partial charge in [0.25, 0.3) is 0 Å². The molecule has 4 heteroatoms. The third-order valence-corrected chi connectivity index (χ3v) is 2.44. The maximum absolute atomic E-state index is 9.75. The second kappa shape index (κ2) is 9.09. The van der Waals surface area contributed by atoms with Crippen molar-refractivity contribution < 1.29 is 9.84 Å². The highest BCUT2D eigenvalue weighted by atomic mass is 16.5. The zero-order chi connectivity index (χ0) is 11.7. The number of nitrogens with one attached hydrogen (secondary N) is 1. The lowest BCUT2D eigenvalue weighted by atomic mass is 10.2. The fourth-order valence-corrected chi connectivity index (χ4v) is 1.48. The Morgan fingerprint density at radius 2 is 2.07 bits per heavy atom. The van der Waals surface area contributed by atoms with E-state index in [1.165, 1.54) is 0 Å². The summed E-state index contributed by atoms with van der Waals surface area (Å²) in [5, 5.41) is 12.9. The maximum atomic E-state index is 9.75. The van der Waals surface area contributed by atoms with Crippen molar-refractivity contribution in [2.45, 2.75) is 32.9 Å². The number of methoxy groups -OCH3 is 1. The van der Waals surface area contributed by atoms with Crippen LogP contribution in [-0.2, 0) is 4.74 Å². The van der Waals surface area contributed by atoms with Crippen LogP contribution in [0.3, 0.4) is 0 Å². The normalized spacial score (nSPS) is 13.8. The zero-order valence-corrected chi connectivity index (χ0v) is 10.5. The van der Waals surface area contributed by atoms with Crippen LogP contribution < -0.4 is 5.32 Å². The van der Waals surface area contributed by atoms with E-state index in [1.54, 1.807) is 7.11 Å². The molecule has 0 bridgehead atoms. The van der Waals surface area contributed by atoms with Crippen molar-refractivity contribution in [3.8, 4) is 0 Å². The zero-order valence-electron chi connectivity index (χ0n) is 10.5. The number of hydrogen-bond donors (Lipinski definition) is 2. The summed E-state index contributed by atoms with van der Waals surface area (Å²) in [6, 6.07) is 0.489. The highest BCUT2D eigenvalue weighted by Gasteiger charge is 2.12. The fourth-order valence-electron chi connectivity index (χ4n) is 1.48. The molecule has 0 spiro atoms. The van der Waals surface area contributed by atoms with Crippen molar-refractivity contribution in [1.82, 2.24) is 10.2 Å². The minimum Gasteiger partial charge on any atom is -0.390 e. The Hall–Kier alpha value is -0.160. The Labute approximate surface area is 93.6 Å². The van der Waals surface area contributed by atoms with Crippen LogP contribution >= 0.6 is 0 Å². The first-order valence-electron chi connectivity index (χ1n) is 5.73. The molecule has 0 radical (unpaired) electrons. The van der Waals surface area contributed by atoms with E-state index in [-0.39, 0.29) is 6.10 Å². The average Bonchev–Trinajstić information content (AvgIpc) is 2.20. The van der Waals surface area contributed by atoms with E-state index in [9.17, 15) is 5.11 Å². The van der Waals surface area contributed by atoms with Crippen LogP contribution in [0.15, 0.2) is 0 Å².